The number of nitrogens with two attached hydrogens (primary N) is 1. The van der Waals surface area contributed by atoms with E-state index in [1.54, 1.807) is 6.07 Å². The minimum atomic E-state index is -0.123. The minimum absolute atomic E-state index is 0.123. The van der Waals surface area contributed by atoms with Gasteiger partial charge in [-0.15, -0.1) is 0 Å². The maximum Gasteiger partial charge on any atom is 0.128 e. The molecule has 25 heavy (non-hydrogen) atoms. The molecule has 5 heteroatoms. The second-order valence-electron chi connectivity index (χ2n) is 7.04. The maximum absolute atomic E-state index is 13.9. The lowest BCUT2D eigenvalue weighted by Gasteiger charge is -2.36. The Labute approximate surface area is 148 Å². The van der Waals surface area contributed by atoms with Gasteiger partial charge in [-0.1, -0.05) is 19.1 Å². The van der Waals surface area contributed by atoms with E-state index in [1.165, 1.54) is 42.4 Å². The summed E-state index contributed by atoms with van der Waals surface area (Å²) in [5, 5.41) is 7.84. The molecule has 1 atom stereocenters. The summed E-state index contributed by atoms with van der Waals surface area (Å²) in [5.41, 5.74) is 10.2. The third-order valence-corrected chi connectivity index (χ3v) is 5.32. The van der Waals surface area contributed by atoms with Crippen LogP contribution in [0, 0.1) is 12.7 Å². The molecule has 4 rings (SSSR count). The van der Waals surface area contributed by atoms with Gasteiger partial charge in [-0.25, -0.2) is 4.39 Å². The average molecular weight is 342 g/mol. The largest absolute Gasteiger partial charge is 0.405 e. The minimum Gasteiger partial charge on any atom is -0.405 e. The van der Waals surface area contributed by atoms with Crippen LogP contribution in [0.3, 0.4) is 0 Å². The molecule has 2 aromatic rings. The standard InChI is InChI=1S/C18H22FN3.C2H5N/c1-11-6-7-14(9-16(11)19)22-10-15-17(8-12(22)2)20-21-18(15)13-4-3-5-13;1-2-3/h6-7,9,12-13H,3-5,8,10H2,1-2H3,(H,20,21);2H,1,3H2. The molecule has 2 aliphatic rings. The highest BCUT2D eigenvalue weighted by molar-refractivity contribution is 5.52. The van der Waals surface area contributed by atoms with Crippen molar-refractivity contribution in [3.63, 3.8) is 0 Å². The van der Waals surface area contributed by atoms with E-state index in [2.05, 4.69) is 34.3 Å². The van der Waals surface area contributed by atoms with Crippen LogP contribution in [-0.2, 0) is 13.0 Å². The smallest absolute Gasteiger partial charge is 0.128 e. The number of nitrogens with one attached hydrogen (secondary N) is 1. The number of anilines is 1. The second-order valence-corrected chi connectivity index (χ2v) is 7.04. The van der Waals surface area contributed by atoms with E-state index < -0.39 is 0 Å². The van der Waals surface area contributed by atoms with Gasteiger partial charge in [-0.2, -0.15) is 5.10 Å². The van der Waals surface area contributed by atoms with E-state index in [4.69, 9.17) is 0 Å². The van der Waals surface area contributed by atoms with Gasteiger partial charge in [0, 0.05) is 41.9 Å². The van der Waals surface area contributed by atoms with E-state index in [1.807, 2.05) is 19.1 Å². The molecule has 1 aromatic heterocycles. The van der Waals surface area contributed by atoms with Crippen molar-refractivity contribution in [3.8, 4) is 0 Å². The lowest BCUT2D eigenvalue weighted by molar-refractivity contribution is 0.407. The van der Waals surface area contributed by atoms with E-state index >= 15 is 0 Å². The van der Waals surface area contributed by atoms with Gasteiger partial charge in [0.1, 0.15) is 5.82 Å². The molecule has 1 unspecified atom stereocenters. The predicted octanol–water partition coefficient (Wildman–Crippen LogP) is 4.16. The Balaban J connectivity index is 0.000000569. The molecule has 0 saturated heterocycles. The van der Waals surface area contributed by atoms with Gasteiger partial charge >= 0.3 is 0 Å². The van der Waals surface area contributed by atoms with Crippen molar-refractivity contribution in [2.75, 3.05) is 4.90 Å². The molecule has 1 aliphatic heterocycles. The number of rotatable bonds is 2. The molecule has 1 aliphatic carbocycles. The summed E-state index contributed by atoms with van der Waals surface area (Å²) < 4.78 is 13.9. The zero-order valence-electron chi connectivity index (χ0n) is 15.1. The number of nitrogens with zero attached hydrogens (tertiary/aromatic N) is 2. The predicted molar refractivity (Wildman–Crippen MR) is 100 cm³/mol. The summed E-state index contributed by atoms with van der Waals surface area (Å²) in [4.78, 5) is 2.31. The lowest BCUT2D eigenvalue weighted by Crippen LogP contribution is -2.38. The highest BCUT2D eigenvalue weighted by Crippen LogP contribution is 2.40. The van der Waals surface area contributed by atoms with Crippen molar-refractivity contribution >= 4 is 5.69 Å². The van der Waals surface area contributed by atoms with Gasteiger partial charge in [-0.3, -0.25) is 5.10 Å². The number of aromatic amines is 1. The Morgan fingerprint density at radius 1 is 1.40 bits per heavy atom. The SMILES string of the molecule is C=CN.Cc1ccc(N2Cc3c(C4CCC4)n[nH]c3CC2C)cc1F. The van der Waals surface area contributed by atoms with Crippen molar-refractivity contribution < 1.29 is 4.39 Å². The number of hydrogen-bond donors (Lipinski definition) is 2. The maximum atomic E-state index is 13.9. The van der Waals surface area contributed by atoms with Gasteiger partial charge in [0.05, 0.1) is 5.69 Å². The van der Waals surface area contributed by atoms with Crippen molar-refractivity contribution in [1.29, 1.82) is 0 Å². The van der Waals surface area contributed by atoms with Crippen molar-refractivity contribution in [2.24, 2.45) is 5.73 Å². The van der Waals surface area contributed by atoms with Crippen LogP contribution >= 0.6 is 0 Å². The summed E-state index contributed by atoms with van der Waals surface area (Å²) >= 11 is 0. The summed E-state index contributed by atoms with van der Waals surface area (Å²) in [5.74, 6) is 0.506. The van der Waals surface area contributed by atoms with Crippen molar-refractivity contribution in [3.05, 3.63) is 59.3 Å². The monoisotopic (exact) mass is 342 g/mol. The Morgan fingerprint density at radius 2 is 2.12 bits per heavy atom. The highest BCUT2D eigenvalue weighted by Gasteiger charge is 2.32. The van der Waals surface area contributed by atoms with E-state index in [9.17, 15) is 4.39 Å². The van der Waals surface area contributed by atoms with Crippen molar-refractivity contribution in [1.82, 2.24) is 10.2 Å². The number of hydrogen-bond acceptors (Lipinski definition) is 3. The fourth-order valence-corrected chi connectivity index (χ4v) is 3.62. The summed E-state index contributed by atoms with van der Waals surface area (Å²) in [6.07, 6.45) is 6.03. The molecule has 1 saturated carbocycles. The first-order valence-electron chi connectivity index (χ1n) is 8.96. The summed E-state index contributed by atoms with van der Waals surface area (Å²) in [6, 6.07) is 5.92. The number of halogens is 1. The highest BCUT2D eigenvalue weighted by atomic mass is 19.1. The zero-order chi connectivity index (χ0) is 18.0. The van der Waals surface area contributed by atoms with E-state index in [0.29, 0.717) is 17.5 Å². The van der Waals surface area contributed by atoms with Crippen LogP contribution in [-0.4, -0.2) is 16.2 Å². The molecule has 0 bridgehead atoms. The van der Waals surface area contributed by atoms with Crippen LogP contribution in [0.4, 0.5) is 10.1 Å². The third-order valence-electron chi connectivity index (χ3n) is 5.32. The average Bonchev–Trinajstić information content (AvgIpc) is 2.91. The first kappa shape index (κ1) is 17.5. The molecular weight excluding hydrogens is 315 g/mol. The number of aromatic nitrogens is 2. The van der Waals surface area contributed by atoms with Crippen LogP contribution in [0.5, 0.6) is 0 Å². The normalized spacial score (nSPS) is 19.5. The van der Waals surface area contributed by atoms with Gasteiger partial charge in [0.15, 0.2) is 0 Å². The fourth-order valence-electron chi connectivity index (χ4n) is 3.62. The number of H-pyrrole nitrogens is 1. The molecule has 1 aromatic carbocycles. The van der Waals surface area contributed by atoms with Crippen LogP contribution in [0.2, 0.25) is 0 Å². The molecule has 0 amide bonds. The van der Waals surface area contributed by atoms with Crippen LogP contribution in [0.25, 0.3) is 0 Å². The first-order valence-corrected chi connectivity index (χ1v) is 8.96. The molecule has 4 nitrogen and oxygen atoms in total. The molecular formula is C20H27FN4. The van der Waals surface area contributed by atoms with Gasteiger partial charge < -0.3 is 10.6 Å². The third kappa shape index (κ3) is 3.41. The second kappa shape index (κ2) is 7.30. The molecule has 2 heterocycles. The van der Waals surface area contributed by atoms with Gasteiger partial charge in [0.25, 0.3) is 0 Å². The van der Waals surface area contributed by atoms with Crippen LogP contribution in [0.15, 0.2) is 31.0 Å². The molecule has 1 fully saturated rings. The molecule has 3 N–H and O–H groups in total. The molecule has 0 radical (unpaired) electrons. The number of fused-ring (bicyclic) bond motifs is 1. The van der Waals surface area contributed by atoms with Crippen LogP contribution in [0.1, 0.15) is 54.6 Å². The van der Waals surface area contributed by atoms with Gasteiger partial charge in [0.2, 0.25) is 0 Å². The summed E-state index contributed by atoms with van der Waals surface area (Å²) in [6.45, 7) is 7.98. The molecule has 134 valence electrons. The Hall–Kier alpha value is -2.30. The quantitative estimate of drug-likeness (QED) is 0.861. The van der Waals surface area contributed by atoms with E-state index in [-0.39, 0.29) is 5.82 Å². The summed E-state index contributed by atoms with van der Waals surface area (Å²) in [7, 11) is 0. The first-order chi connectivity index (χ1) is 12.0. The Morgan fingerprint density at radius 3 is 2.72 bits per heavy atom. The number of aryl methyl sites for hydroxylation is 1. The Bertz CT molecular complexity index is 748. The molecule has 0 spiro atoms. The number of benzene rings is 1. The fraction of sp³-hybridized carbons (Fsp3) is 0.450. The lowest BCUT2D eigenvalue weighted by atomic mass is 9.80. The van der Waals surface area contributed by atoms with E-state index in [0.717, 1.165) is 18.7 Å². The topological polar surface area (TPSA) is 57.9 Å². The van der Waals surface area contributed by atoms with Crippen molar-refractivity contribution in [2.45, 2.75) is 58.0 Å². The Kier molecular flexibility index (Phi) is 5.11. The van der Waals surface area contributed by atoms with Crippen LogP contribution < -0.4 is 10.6 Å². The van der Waals surface area contributed by atoms with Gasteiger partial charge in [-0.05, 0) is 50.6 Å². The zero-order valence-corrected chi connectivity index (χ0v) is 15.1.